The van der Waals surface area contributed by atoms with Crippen LogP contribution in [0, 0.1) is 5.92 Å². The van der Waals surface area contributed by atoms with Crippen molar-refractivity contribution >= 4 is 28.9 Å². The number of nitrogens with two attached hydrogens (primary N) is 1. The van der Waals surface area contributed by atoms with Crippen molar-refractivity contribution in [2.24, 2.45) is 16.8 Å². The van der Waals surface area contributed by atoms with E-state index in [0.717, 1.165) is 11.8 Å². The molecule has 1 atom stereocenters. The zero-order chi connectivity index (χ0) is 12.2. The van der Waals surface area contributed by atoms with E-state index in [2.05, 4.69) is 10.1 Å². The van der Waals surface area contributed by atoms with Crippen LogP contribution in [0.2, 0.25) is 0 Å². The second-order valence-electron chi connectivity index (χ2n) is 2.73. The second kappa shape index (κ2) is 5.39. The zero-order valence-electron chi connectivity index (χ0n) is 7.81. The van der Waals surface area contributed by atoms with Crippen molar-refractivity contribution in [1.82, 2.24) is 4.98 Å². The summed E-state index contributed by atoms with van der Waals surface area (Å²) in [6.07, 6.45) is -3.03. The normalized spacial score (nSPS) is 15.1. The van der Waals surface area contributed by atoms with Gasteiger partial charge in [-0.15, -0.1) is 11.3 Å². The lowest BCUT2D eigenvalue weighted by molar-refractivity contribution is -0.150. The van der Waals surface area contributed by atoms with Gasteiger partial charge in [-0.2, -0.15) is 13.2 Å². The van der Waals surface area contributed by atoms with Crippen LogP contribution in [0.15, 0.2) is 21.1 Å². The SMILES string of the molecule is N/C(=N/O)C(CSc1nccs1)C(F)(F)F. The highest BCUT2D eigenvalue weighted by atomic mass is 32.2. The predicted octanol–water partition coefficient (Wildman–Crippen LogP) is 2.16. The third-order valence-corrected chi connectivity index (χ3v) is 3.71. The van der Waals surface area contributed by atoms with Crippen LogP contribution in [0.3, 0.4) is 0 Å². The number of alkyl halides is 3. The Morgan fingerprint density at radius 2 is 2.38 bits per heavy atom. The van der Waals surface area contributed by atoms with E-state index < -0.39 is 17.9 Å². The Bertz CT molecular complexity index is 352. The molecule has 0 fully saturated rings. The lowest BCUT2D eigenvalue weighted by Gasteiger charge is -2.17. The van der Waals surface area contributed by atoms with E-state index in [1.807, 2.05) is 0 Å². The molecule has 16 heavy (non-hydrogen) atoms. The van der Waals surface area contributed by atoms with Crippen molar-refractivity contribution in [2.75, 3.05) is 5.75 Å². The number of amidine groups is 1. The number of rotatable bonds is 4. The summed E-state index contributed by atoms with van der Waals surface area (Å²) in [6, 6.07) is 0. The molecule has 4 nitrogen and oxygen atoms in total. The van der Waals surface area contributed by atoms with Crippen LogP contribution in [-0.2, 0) is 0 Å². The molecule has 1 aromatic rings. The molecule has 1 aromatic heterocycles. The minimum absolute atomic E-state index is 0.354. The van der Waals surface area contributed by atoms with Gasteiger partial charge in [0.05, 0.1) is 0 Å². The van der Waals surface area contributed by atoms with Crippen LogP contribution < -0.4 is 5.73 Å². The summed E-state index contributed by atoms with van der Waals surface area (Å²) in [4.78, 5) is 3.83. The molecule has 0 aliphatic rings. The largest absolute Gasteiger partial charge is 0.409 e. The first-order chi connectivity index (χ1) is 7.45. The van der Waals surface area contributed by atoms with Gasteiger partial charge < -0.3 is 10.9 Å². The summed E-state index contributed by atoms with van der Waals surface area (Å²) in [5.74, 6) is -3.16. The number of oxime groups is 1. The van der Waals surface area contributed by atoms with Gasteiger partial charge in [0.1, 0.15) is 10.3 Å². The first kappa shape index (κ1) is 13.1. The predicted molar refractivity (Wildman–Crippen MR) is 55.8 cm³/mol. The van der Waals surface area contributed by atoms with Crippen LogP contribution in [0.1, 0.15) is 0 Å². The number of nitrogens with zero attached hydrogens (tertiary/aromatic N) is 2. The number of aromatic nitrogens is 1. The molecule has 0 aliphatic carbocycles. The Hall–Kier alpha value is -0.960. The molecule has 0 aromatic carbocycles. The Morgan fingerprint density at radius 3 is 2.81 bits per heavy atom. The minimum Gasteiger partial charge on any atom is -0.409 e. The molecule has 0 aliphatic heterocycles. The summed E-state index contributed by atoms with van der Waals surface area (Å²) in [5.41, 5.74) is 4.99. The van der Waals surface area contributed by atoms with Crippen molar-refractivity contribution in [1.29, 1.82) is 0 Å². The molecule has 90 valence electrons. The maximum Gasteiger partial charge on any atom is 0.399 e. The van der Waals surface area contributed by atoms with E-state index >= 15 is 0 Å². The van der Waals surface area contributed by atoms with Gasteiger partial charge in [0, 0.05) is 17.3 Å². The molecule has 0 saturated carbocycles. The Labute approximate surface area is 97.4 Å². The fourth-order valence-corrected chi connectivity index (χ4v) is 2.66. The van der Waals surface area contributed by atoms with Crippen molar-refractivity contribution in [3.05, 3.63) is 11.6 Å². The summed E-state index contributed by atoms with van der Waals surface area (Å²) >= 11 is 2.16. The van der Waals surface area contributed by atoms with Crippen LogP contribution in [-0.4, -0.2) is 28.0 Å². The molecule has 1 heterocycles. The van der Waals surface area contributed by atoms with Gasteiger partial charge in [-0.1, -0.05) is 16.9 Å². The molecule has 0 radical (unpaired) electrons. The number of thiazole rings is 1. The summed E-state index contributed by atoms with van der Waals surface area (Å²) < 4.78 is 38.0. The molecule has 0 spiro atoms. The highest BCUT2D eigenvalue weighted by Crippen LogP contribution is 2.32. The van der Waals surface area contributed by atoms with Gasteiger partial charge in [-0.3, -0.25) is 0 Å². The molecule has 3 N–H and O–H groups in total. The average molecular weight is 271 g/mol. The van der Waals surface area contributed by atoms with Crippen molar-refractivity contribution in [3.8, 4) is 0 Å². The molecule has 0 saturated heterocycles. The lowest BCUT2D eigenvalue weighted by Crippen LogP contribution is -2.37. The van der Waals surface area contributed by atoms with Gasteiger partial charge in [0.2, 0.25) is 0 Å². The van der Waals surface area contributed by atoms with Gasteiger partial charge >= 0.3 is 6.18 Å². The van der Waals surface area contributed by atoms with Crippen molar-refractivity contribution < 1.29 is 18.4 Å². The Morgan fingerprint density at radius 1 is 1.69 bits per heavy atom. The number of halogens is 3. The van der Waals surface area contributed by atoms with E-state index in [0.29, 0.717) is 4.34 Å². The Kier molecular flexibility index (Phi) is 4.42. The number of hydrogen-bond donors (Lipinski definition) is 2. The smallest absolute Gasteiger partial charge is 0.399 e. The fraction of sp³-hybridized carbons (Fsp3) is 0.429. The third-order valence-electron chi connectivity index (χ3n) is 1.65. The summed E-state index contributed by atoms with van der Waals surface area (Å²) in [5, 5.41) is 12.3. The van der Waals surface area contributed by atoms with E-state index in [9.17, 15) is 13.2 Å². The standard InChI is InChI=1S/C7H8F3N3OS2/c8-7(9,10)4(5(11)13-14)3-16-6-12-1-2-15-6/h1-2,4,14H,3H2,(H2,11,13). The summed E-state index contributed by atoms with van der Waals surface area (Å²) in [6.45, 7) is 0. The quantitative estimate of drug-likeness (QED) is 0.289. The van der Waals surface area contributed by atoms with Gasteiger partial charge in [0.15, 0.2) is 5.84 Å². The lowest BCUT2D eigenvalue weighted by atomic mass is 10.1. The molecular weight excluding hydrogens is 263 g/mol. The van der Waals surface area contributed by atoms with Crippen LogP contribution in [0.5, 0.6) is 0 Å². The highest BCUT2D eigenvalue weighted by Gasteiger charge is 2.42. The Balaban J connectivity index is 2.65. The molecule has 1 unspecified atom stereocenters. The van der Waals surface area contributed by atoms with Crippen LogP contribution >= 0.6 is 23.1 Å². The summed E-state index contributed by atoms with van der Waals surface area (Å²) in [7, 11) is 0. The molecule has 9 heteroatoms. The van der Waals surface area contributed by atoms with Crippen LogP contribution in [0.4, 0.5) is 13.2 Å². The zero-order valence-corrected chi connectivity index (χ0v) is 9.44. The van der Waals surface area contributed by atoms with E-state index in [-0.39, 0.29) is 5.75 Å². The first-order valence-electron chi connectivity index (χ1n) is 4.01. The molecule has 0 bridgehead atoms. The number of thioether (sulfide) groups is 1. The molecule has 0 amide bonds. The average Bonchev–Trinajstić information content (AvgIpc) is 2.68. The van der Waals surface area contributed by atoms with Gasteiger partial charge in [0.25, 0.3) is 0 Å². The number of hydrogen-bond acceptors (Lipinski definition) is 5. The van der Waals surface area contributed by atoms with E-state index in [1.165, 1.54) is 17.5 Å². The third kappa shape index (κ3) is 3.56. The second-order valence-corrected chi connectivity index (χ2v) is 4.89. The fourth-order valence-electron chi connectivity index (χ4n) is 0.854. The first-order valence-corrected chi connectivity index (χ1v) is 5.88. The van der Waals surface area contributed by atoms with Gasteiger partial charge in [-0.05, 0) is 0 Å². The van der Waals surface area contributed by atoms with E-state index in [4.69, 9.17) is 10.9 Å². The van der Waals surface area contributed by atoms with Crippen molar-refractivity contribution in [2.45, 2.75) is 10.5 Å². The van der Waals surface area contributed by atoms with E-state index in [1.54, 1.807) is 5.38 Å². The monoisotopic (exact) mass is 271 g/mol. The molecule has 1 rings (SSSR count). The topological polar surface area (TPSA) is 71.5 Å². The minimum atomic E-state index is -4.53. The van der Waals surface area contributed by atoms with Crippen LogP contribution in [0.25, 0.3) is 0 Å². The maximum absolute atomic E-state index is 12.5. The maximum atomic E-state index is 12.5. The van der Waals surface area contributed by atoms with Crippen molar-refractivity contribution in [3.63, 3.8) is 0 Å². The van der Waals surface area contributed by atoms with Gasteiger partial charge in [-0.25, -0.2) is 4.98 Å². The molecular formula is C7H8F3N3OS2. The highest BCUT2D eigenvalue weighted by molar-refractivity contribution is 8.01.